The summed E-state index contributed by atoms with van der Waals surface area (Å²) in [7, 11) is 0. The number of nitrogens with zero attached hydrogens (tertiary/aromatic N) is 2. The van der Waals surface area contributed by atoms with Gasteiger partial charge in [-0.2, -0.15) is 0 Å². The van der Waals surface area contributed by atoms with E-state index < -0.39 is 0 Å². The Morgan fingerprint density at radius 1 is 1.64 bits per heavy atom. The minimum Gasteiger partial charge on any atom is -0.410 e. The summed E-state index contributed by atoms with van der Waals surface area (Å²) in [6.45, 7) is 1.92. The molecule has 58 valence electrons. The summed E-state index contributed by atoms with van der Waals surface area (Å²) in [4.78, 5) is 3.93. The third-order valence-corrected chi connectivity index (χ3v) is 1.48. The van der Waals surface area contributed by atoms with Gasteiger partial charge in [-0.1, -0.05) is 22.8 Å². The maximum Gasteiger partial charge on any atom is 0.193 e. The minimum atomic E-state index is 0.00463. The van der Waals surface area contributed by atoms with Crippen LogP contribution < -0.4 is 0 Å². The molecule has 0 unspecified atom stereocenters. The van der Waals surface area contributed by atoms with Crippen LogP contribution in [0.4, 0.5) is 0 Å². The maximum atomic E-state index is 8.27. The summed E-state index contributed by atoms with van der Waals surface area (Å²) < 4.78 is 0. The third-order valence-electron chi connectivity index (χ3n) is 1.21. The molecule has 4 heteroatoms. The molecule has 0 saturated heterocycles. The molecule has 11 heavy (non-hydrogen) atoms. The van der Waals surface area contributed by atoms with Crippen LogP contribution in [0.15, 0.2) is 23.5 Å². The average Bonchev–Trinajstić information content (AvgIpc) is 2.05. The summed E-state index contributed by atoms with van der Waals surface area (Å²) in [6.07, 6.45) is 1.66. The van der Waals surface area contributed by atoms with Crippen LogP contribution in [-0.2, 0) is 0 Å². The van der Waals surface area contributed by atoms with Gasteiger partial charge in [0.05, 0.1) is 0 Å². The molecule has 1 heterocycles. The average molecular weight is 171 g/mol. The summed E-state index contributed by atoms with van der Waals surface area (Å²) in [5.41, 5.74) is 1.51. The van der Waals surface area contributed by atoms with Gasteiger partial charge in [-0.3, -0.25) is 4.98 Å². The summed E-state index contributed by atoms with van der Waals surface area (Å²) in [5, 5.41) is 11.1. The van der Waals surface area contributed by atoms with Crippen molar-refractivity contribution in [3.8, 4) is 0 Å². The van der Waals surface area contributed by atoms with Gasteiger partial charge in [-0.25, -0.2) is 0 Å². The van der Waals surface area contributed by atoms with Gasteiger partial charge in [0.15, 0.2) is 5.17 Å². The Bertz CT molecular complexity index is 268. The molecule has 0 spiro atoms. The first-order chi connectivity index (χ1) is 5.24. The number of oxime groups is 1. The van der Waals surface area contributed by atoms with Crippen molar-refractivity contribution < 1.29 is 5.21 Å². The lowest BCUT2D eigenvalue weighted by Crippen LogP contribution is -1.94. The number of hydrogen-bond donors (Lipinski definition) is 1. The fraction of sp³-hybridized carbons (Fsp3) is 0.143. The molecule has 0 bridgehead atoms. The molecule has 0 atom stereocenters. The van der Waals surface area contributed by atoms with Crippen molar-refractivity contribution in [2.45, 2.75) is 6.92 Å². The number of aryl methyl sites for hydroxylation is 1. The first-order valence-electron chi connectivity index (χ1n) is 3.04. The highest BCUT2D eigenvalue weighted by molar-refractivity contribution is 6.69. The maximum absolute atomic E-state index is 8.27. The quantitative estimate of drug-likeness (QED) is 0.397. The number of rotatable bonds is 1. The molecule has 1 N–H and O–H groups in total. The zero-order valence-electron chi connectivity index (χ0n) is 5.95. The molecule has 0 aromatic carbocycles. The minimum absolute atomic E-state index is 0.00463. The lowest BCUT2D eigenvalue weighted by Gasteiger charge is -1.94. The van der Waals surface area contributed by atoms with Crippen molar-refractivity contribution in [2.24, 2.45) is 5.16 Å². The third kappa shape index (κ3) is 1.91. The Labute approximate surface area is 69.3 Å². The second-order valence-electron chi connectivity index (χ2n) is 2.11. The first kappa shape index (κ1) is 8.01. The largest absolute Gasteiger partial charge is 0.410 e. The molecule has 0 aliphatic heterocycles. The monoisotopic (exact) mass is 170 g/mol. The van der Waals surface area contributed by atoms with E-state index in [-0.39, 0.29) is 5.17 Å². The van der Waals surface area contributed by atoms with Crippen LogP contribution in [0.2, 0.25) is 0 Å². The molecule has 0 radical (unpaired) electrons. The molecule has 1 aromatic heterocycles. The van der Waals surface area contributed by atoms with Gasteiger partial charge in [0, 0.05) is 6.20 Å². The van der Waals surface area contributed by atoms with Crippen molar-refractivity contribution in [2.75, 3.05) is 0 Å². The fourth-order valence-corrected chi connectivity index (χ4v) is 0.753. The van der Waals surface area contributed by atoms with E-state index in [2.05, 4.69) is 10.1 Å². The van der Waals surface area contributed by atoms with Gasteiger partial charge in [-0.05, 0) is 18.6 Å². The van der Waals surface area contributed by atoms with Gasteiger partial charge >= 0.3 is 0 Å². The molecule has 0 aliphatic rings. The van der Waals surface area contributed by atoms with Crippen molar-refractivity contribution in [1.29, 1.82) is 0 Å². The van der Waals surface area contributed by atoms with Crippen LogP contribution in [-0.4, -0.2) is 15.4 Å². The van der Waals surface area contributed by atoms with Crippen LogP contribution in [0.3, 0.4) is 0 Å². The van der Waals surface area contributed by atoms with Gasteiger partial charge in [0.25, 0.3) is 0 Å². The number of hydrogen-bond acceptors (Lipinski definition) is 3. The molecule has 0 fully saturated rings. The molecule has 1 rings (SSSR count). The summed E-state index contributed by atoms with van der Waals surface area (Å²) in [5.74, 6) is 0. The molecule has 3 nitrogen and oxygen atoms in total. The van der Waals surface area contributed by atoms with Crippen LogP contribution in [0.25, 0.3) is 0 Å². The molecule has 1 aromatic rings. The predicted molar refractivity (Wildman–Crippen MR) is 43.2 cm³/mol. The zero-order valence-corrected chi connectivity index (χ0v) is 6.71. The second-order valence-corrected chi connectivity index (χ2v) is 2.47. The van der Waals surface area contributed by atoms with Crippen LogP contribution in [0, 0.1) is 6.92 Å². The van der Waals surface area contributed by atoms with E-state index in [0.717, 1.165) is 5.56 Å². The number of halogens is 1. The highest BCUT2D eigenvalue weighted by Crippen LogP contribution is 2.02. The van der Waals surface area contributed by atoms with Gasteiger partial charge in [0.2, 0.25) is 0 Å². The van der Waals surface area contributed by atoms with Gasteiger partial charge in [0.1, 0.15) is 5.69 Å². The normalized spacial score (nSPS) is 11.6. The Hall–Kier alpha value is -1.09. The van der Waals surface area contributed by atoms with Crippen molar-refractivity contribution in [1.82, 2.24) is 4.98 Å². The first-order valence-corrected chi connectivity index (χ1v) is 3.42. The van der Waals surface area contributed by atoms with E-state index in [9.17, 15) is 0 Å². The topological polar surface area (TPSA) is 45.5 Å². The van der Waals surface area contributed by atoms with Crippen molar-refractivity contribution in [3.63, 3.8) is 0 Å². The highest BCUT2D eigenvalue weighted by atomic mass is 35.5. The number of aromatic nitrogens is 1. The summed E-state index contributed by atoms with van der Waals surface area (Å²) >= 11 is 5.48. The van der Waals surface area contributed by atoms with E-state index in [1.807, 2.05) is 13.0 Å². The van der Waals surface area contributed by atoms with Gasteiger partial charge < -0.3 is 5.21 Å². The van der Waals surface area contributed by atoms with Crippen LogP contribution >= 0.6 is 11.6 Å². The Morgan fingerprint density at radius 3 is 2.82 bits per heavy atom. The molecular formula is C7H7ClN2O. The van der Waals surface area contributed by atoms with E-state index in [1.165, 1.54) is 0 Å². The van der Waals surface area contributed by atoms with E-state index in [4.69, 9.17) is 16.8 Å². The Morgan fingerprint density at radius 2 is 2.36 bits per heavy atom. The summed E-state index contributed by atoms with van der Waals surface area (Å²) in [6, 6.07) is 3.54. The van der Waals surface area contributed by atoms with Gasteiger partial charge in [-0.15, -0.1) is 0 Å². The van der Waals surface area contributed by atoms with E-state index in [0.29, 0.717) is 5.69 Å². The van der Waals surface area contributed by atoms with Crippen molar-refractivity contribution >= 4 is 16.8 Å². The Kier molecular flexibility index (Phi) is 2.44. The molecule has 0 amide bonds. The molecule has 0 aliphatic carbocycles. The highest BCUT2D eigenvalue weighted by Gasteiger charge is 1.99. The van der Waals surface area contributed by atoms with Crippen LogP contribution in [0.5, 0.6) is 0 Å². The molecular weight excluding hydrogens is 164 g/mol. The SMILES string of the molecule is Cc1ccc(C(Cl)=NO)nc1. The standard InChI is InChI=1S/C7H7ClN2O/c1-5-2-3-6(9-4-5)7(8)10-11/h2-4,11H,1H3. The van der Waals surface area contributed by atoms with Crippen molar-refractivity contribution in [3.05, 3.63) is 29.6 Å². The smallest absolute Gasteiger partial charge is 0.193 e. The Balaban J connectivity index is 2.99. The second kappa shape index (κ2) is 3.34. The van der Waals surface area contributed by atoms with Crippen LogP contribution in [0.1, 0.15) is 11.3 Å². The predicted octanol–water partition coefficient (Wildman–Crippen LogP) is 1.76. The van der Waals surface area contributed by atoms with E-state index in [1.54, 1.807) is 12.3 Å². The zero-order chi connectivity index (χ0) is 8.27. The number of pyridine rings is 1. The molecule has 0 saturated carbocycles. The lowest BCUT2D eigenvalue weighted by molar-refractivity contribution is 0.320. The lowest BCUT2D eigenvalue weighted by atomic mass is 10.3. The fourth-order valence-electron chi connectivity index (χ4n) is 0.641. The van der Waals surface area contributed by atoms with E-state index >= 15 is 0 Å².